The fraction of sp³-hybridized carbons (Fsp3) is 0.111. The first-order valence-corrected chi connectivity index (χ1v) is 13.3. The Kier molecular flexibility index (Phi) is 5.25. The molecule has 3 N–H and O–H groups in total. The molecule has 0 aliphatic carbocycles. The predicted octanol–water partition coefficient (Wildman–Crippen LogP) is 3.58. The lowest BCUT2D eigenvalue weighted by molar-refractivity contribution is 0.185. The zero-order valence-corrected chi connectivity index (χ0v) is 17.8. The van der Waals surface area contributed by atoms with Gasteiger partial charge in [-0.3, -0.25) is 4.52 Å². The third-order valence-electron chi connectivity index (χ3n) is 4.64. The molecule has 30 heavy (non-hydrogen) atoms. The highest BCUT2D eigenvalue weighted by Gasteiger charge is 2.33. The van der Waals surface area contributed by atoms with Crippen LogP contribution in [-0.4, -0.2) is 35.5 Å². The van der Waals surface area contributed by atoms with E-state index in [1.807, 2.05) is 36.4 Å². The first kappa shape index (κ1) is 21.4. The summed E-state index contributed by atoms with van der Waals surface area (Å²) in [7, 11) is -14.4. The second kappa shape index (κ2) is 7.37. The molecule has 0 radical (unpaired) electrons. The molecule has 0 bridgehead atoms. The summed E-state index contributed by atoms with van der Waals surface area (Å²) in [5, 5.41) is 5.06. The number of sulfone groups is 1. The predicted molar refractivity (Wildman–Crippen MR) is 111 cm³/mol. The molecule has 4 aromatic rings. The van der Waals surface area contributed by atoms with E-state index < -0.39 is 37.8 Å². The first-order valence-electron chi connectivity index (χ1n) is 8.60. The molecule has 0 aliphatic rings. The maximum Gasteiger partial charge on any atom is 0.481 e. The lowest BCUT2D eigenvalue weighted by Crippen LogP contribution is -2.13. The molecule has 1 unspecified atom stereocenters. The largest absolute Gasteiger partial charge is 0.481 e. The van der Waals surface area contributed by atoms with E-state index in [-0.39, 0.29) is 4.90 Å². The molecular weight excluding hydrogens is 454 g/mol. The Morgan fingerprint density at radius 1 is 0.800 bits per heavy atom. The number of hydrogen-bond donors (Lipinski definition) is 3. The van der Waals surface area contributed by atoms with Crippen LogP contribution in [0.3, 0.4) is 0 Å². The van der Waals surface area contributed by atoms with Crippen LogP contribution in [-0.2, 0) is 27.8 Å². The minimum absolute atomic E-state index is 0.0283. The Hall–Kier alpha value is -1.87. The quantitative estimate of drug-likeness (QED) is 0.272. The maximum atomic E-state index is 12.9. The second-order valence-corrected chi connectivity index (χ2v) is 11.5. The Morgan fingerprint density at radius 3 is 2.00 bits per heavy atom. The van der Waals surface area contributed by atoms with E-state index in [9.17, 15) is 22.4 Å². The third-order valence-corrected chi connectivity index (χ3v) is 8.56. The summed E-state index contributed by atoms with van der Waals surface area (Å²) in [5.41, 5.74) is 0. The lowest BCUT2D eigenvalue weighted by Gasteiger charge is -2.15. The Morgan fingerprint density at radius 2 is 1.37 bits per heavy atom. The van der Waals surface area contributed by atoms with Crippen LogP contribution < -0.4 is 0 Å². The van der Waals surface area contributed by atoms with E-state index in [0.717, 1.165) is 26.9 Å². The summed E-state index contributed by atoms with van der Waals surface area (Å²) in [6, 6.07) is 16.4. The molecule has 12 heteroatoms. The van der Waals surface area contributed by atoms with E-state index in [4.69, 9.17) is 9.79 Å². The fourth-order valence-electron chi connectivity index (χ4n) is 3.51. The van der Waals surface area contributed by atoms with E-state index in [0.29, 0.717) is 5.39 Å². The van der Waals surface area contributed by atoms with Gasteiger partial charge in [0.25, 0.3) is 0 Å². The van der Waals surface area contributed by atoms with Crippen molar-refractivity contribution >= 4 is 57.8 Å². The van der Waals surface area contributed by atoms with Crippen LogP contribution in [0.1, 0.15) is 0 Å². The monoisotopic (exact) mass is 470 g/mol. The van der Waals surface area contributed by atoms with E-state index in [1.165, 1.54) is 6.07 Å². The van der Waals surface area contributed by atoms with Crippen LogP contribution in [0.15, 0.2) is 59.5 Å². The lowest BCUT2D eigenvalue weighted by atomic mass is 9.94. The van der Waals surface area contributed by atoms with Crippen LogP contribution in [0.25, 0.3) is 32.3 Å². The average molecular weight is 470 g/mol. The van der Waals surface area contributed by atoms with Crippen molar-refractivity contribution in [1.82, 2.24) is 0 Å². The molecule has 0 saturated carbocycles. The van der Waals surface area contributed by atoms with Gasteiger partial charge in [-0.25, -0.2) is 17.5 Å². The van der Waals surface area contributed by atoms with Gasteiger partial charge in [-0.1, -0.05) is 48.5 Å². The summed E-state index contributed by atoms with van der Waals surface area (Å²) >= 11 is 0. The summed E-state index contributed by atoms with van der Waals surface area (Å²) < 4.78 is 56.1. The number of benzene rings is 4. The van der Waals surface area contributed by atoms with Crippen LogP contribution in [0.5, 0.6) is 0 Å². The fourth-order valence-corrected chi connectivity index (χ4v) is 6.52. The zero-order valence-electron chi connectivity index (χ0n) is 15.2. The Labute approximate surface area is 171 Å². The van der Waals surface area contributed by atoms with Crippen LogP contribution in [0.2, 0.25) is 0 Å². The summed E-state index contributed by atoms with van der Waals surface area (Å²) in [5.74, 6) is -0.688. The molecule has 0 fully saturated rings. The molecule has 0 aromatic heterocycles. The maximum absolute atomic E-state index is 12.9. The van der Waals surface area contributed by atoms with Gasteiger partial charge < -0.3 is 14.7 Å². The normalized spacial score (nSPS) is 15.2. The van der Waals surface area contributed by atoms with Crippen LogP contribution in [0.4, 0.5) is 0 Å². The number of phosphoric ester groups is 1. The molecular formula is C18H16O9P2S. The third kappa shape index (κ3) is 4.14. The van der Waals surface area contributed by atoms with Gasteiger partial charge in [-0.2, -0.15) is 4.31 Å². The molecule has 4 aromatic carbocycles. The van der Waals surface area contributed by atoms with Gasteiger partial charge in [0.05, 0.1) is 17.3 Å². The van der Waals surface area contributed by atoms with Crippen molar-refractivity contribution in [3.63, 3.8) is 0 Å². The average Bonchev–Trinajstić information content (AvgIpc) is 2.63. The van der Waals surface area contributed by atoms with Crippen molar-refractivity contribution in [3.8, 4) is 0 Å². The number of hydrogen-bond acceptors (Lipinski definition) is 6. The summed E-state index contributed by atoms with van der Waals surface area (Å²) in [6.45, 7) is -0.794. The van der Waals surface area contributed by atoms with Crippen LogP contribution >= 0.6 is 15.6 Å². The van der Waals surface area contributed by atoms with E-state index >= 15 is 0 Å². The van der Waals surface area contributed by atoms with E-state index in [2.05, 4.69) is 8.83 Å². The SMILES string of the molecule is O=P(O)(O)OP(=O)(O)OCCS(=O)(=O)c1ccc2ccc3cccc4ccc1c2c34. The van der Waals surface area contributed by atoms with E-state index in [1.54, 1.807) is 12.1 Å². The van der Waals surface area contributed by atoms with Gasteiger partial charge in [0.1, 0.15) is 0 Å². The smallest absolute Gasteiger partial charge is 0.302 e. The topological polar surface area (TPSA) is 147 Å². The Bertz CT molecular complexity index is 1440. The minimum atomic E-state index is -5.28. The molecule has 0 amide bonds. The van der Waals surface area contributed by atoms with Crippen molar-refractivity contribution in [1.29, 1.82) is 0 Å². The van der Waals surface area contributed by atoms with Gasteiger partial charge in [0, 0.05) is 5.39 Å². The van der Waals surface area contributed by atoms with Crippen molar-refractivity contribution in [2.75, 3.05) is 12.4 Å². The van der Waals surface area contributed by atoms with Gasteiger partial charge in [-0.15, -0.1) is 0 Å². The minimum Gasteiger partial charge on any atom is -0.302 e. The number of phosphoric acid groups is 2. The molecule has 0 aliphatic heterocycles. The summed E-state index contributed by atoms with van der Waals surface area (Å²) in [4.78, 5) is 26.5. The molecule has 158 valence electrons. The highest BCUT2D eigenvalue weighted by molar-refractivity contribution is 7.91. The van der Waals surface area contributed by atoms with Crippen molar-refractivity contribution < 1.29 is 41.1 Å². The van der Waals surface area contributed by atoms with Crippen molar-refractivity contribution in [2.45, 2.75) is 4.90 Å². The van der Waals surface area contributed by atoms with Gasteiger partial charge in [-0.05, 0) is 33.0 Å². The van der Waals surface area contributed by atoms with Gasteiger partial charge in [0.2, 0.25) is 0 Å². The van der Waals surface area contributed by atoms with Crippen LogP contribution in [0, 0.1) is 0 Å². The molecule has 0 heterocycles. The summed E-state index contributed by atoms with van der Waals surface area (Å²) in [6.07, 6.45) is 0. The molecule has 1 atom stereocenters. The highest BCUT2D eigenvalue weighted by Crippen LogP contribution is 2.57. The Balaban J connectivity index is 1.70. The second-order valence-electron chi connectivity index (χ2n) is 6.61. The molecule has 0 spiro atoms. The zero-order chi connectivity index (χ0) is 21.7. The molecule has 9 nitrogen and oxygen atoms in total. The van der Waals surface area contributed by atoms with Crippen molar-refractivity contribution in [2.24, 2.45) is 0 Å². The van der Waals surface area contributed by atoms with Crippen molar-refractivity contribution in [3.05, 3.63) is 54.6 Å². The van der Waals surface area contributed by atoms with Gasteiger partial charge >= 0.3 is 15.6 Å². The first-order chi connectivity index (χ1) is 14.0. The highest BCUT2D eigenvalue weighted by atomic mass is 32.2. The molecule has 0 saturated heterocycles. The van der Waals surface area contributed by atoms with Gasteiger partial charge in [0.15, 0.2) is 9.84 Å². The number of rotatable bonds is 7. The molecule has 4 rings (SSSR count). The standard InChI is InChI=1S/C18H16O9P2S/c19-28(20,21)27-29(22,23)26-10-11-30(24,25)16-9-7-14-5-4-12-2-1-3-13-6-8-15(16)18(14)17(12)13/h1-9H,10-11H2,(H,22,23)(H2,19,20,21).